The number of rotatable bonds is 6. The van der Waals surface area contributed by atoms with Gasteiger partial charge in [-0.25, -0.2) is 4.98 Å². The molecule has 7 nitrogen and oxygen atoms in total. The fourth-order valence-electron chi connectivity index (χ4n) is 3.50. The summed E-state index contributed by atoms with van der Waals surface area (Å²) in [6, 6.07) is 9.34. The van der Waals surface area contributed by atoms with Crippen LogP contribution in [0.2, 0.25) is 0 Å². The van der Waals surface area contributed by atoms with E-state index in [0.29, 0.717) is 29.4 Å². The number of benzene rings is 2. The first-order valence-corrected chi connectivity index (χ1v) is 9.90. The normalized spacial score (nSPS) is 12.9. The van der Waals surface area contributed by atoms with Crippen LogP contribution in [0.4, 0.5) is 24.8 Å². The zero-order chi connectivity index (χ0) is 23.8. The van der Waals surface area contributed by atoms with E-state index in [2.05, 4.69) is 15.3 Å². The molecule has 1 aromatic heterocycles. The molecule has 0 aliphatic heterocycles. The average Bonchev–Trinajstić information content (AvgIpc) is 3.15. The highest BCUT2D eigenvalue weighted by Crippen LogP contribution is 2.40. The van der Waals surface area contributed by atoms with Gasteiger partial charge in [0.15, 0.2) is 11.6 Å². The molecule has 3 aromatic rings. The monoisotopic (exact) mass is 457 g/mol. The number of nitrogens with zero attached hydrogens (tertiary/aromatic N) is 2. The summed E-state index contributed by atoms with van der Waals surface area (Å²) in [6.45, 7) is 1.40. The molecule has 0 amide bonds. The molecule has 0 fully saturated rings. The van der Waals surface area contributed by atoms with Crippen molar-refractivity contribution in [2.75, 3.05) is 12.4 Å². The van der Waals surface area contributed by atoms with Gasteiger partial charge in [0.1, 0.15) is 17.1 Å². The van der Waals surface area contributed by atoms with Gasteiger partial charge in [0.25, 0.3) is 0 Å². The van der Waals surface area contributed by atoms with Crippen LogP contribution in [0.1, 0.15) is 45.2 Å². The standard InChI is InChI=1S/C23H18F3N3O4/c1-12(30)14-6-8-16(19(10-14)32-2)28-22-27-11-15(23(24,25)26)21(29-22)33-18-5-3-4-13-7-9-17(31)20(13)18/h3-6,8,10-11H,7,9H2,1-2H3,(H,27,28,29). The fourth-order valence-corrected chi connectivity index (χ4v) is 3.50. The molecular weight excluding hydrogens is 439 g/mol. The van der Waals surface area contributed by atoms with Gasteiger partial charge in [0, 0.05) is 18.2 Å². The van der Waals surface area contributed by atoms with Crippen molar-refractivity contribution in [2.24, 2.45) is 0 Å². The topological polar surface area (TPSA) is 90.4 Å². The van der Waals surface area contributed by atoms with Crippen LogP contribution in [0.15, 0.2) is 42.6 Å². The Morgan fingerprint density at radius 2 is 1.91 bits per heavy atom. The Labute approximate surface area is 186 Å². The molecule has 1 aliphatic carbocycles. The molecule has 170 valence electrons. The predicted molar refractivity (Wildman–Crippen MR) is 112 cm³/mol. The van der Waals surface area contributed by atoms with E-state index in [1.165, 1.54) is 38.3 Å². The van der Waals surface area contributed by atoms with Crippen molar-refractivity contribution < 1.29 is 32.2 Å². The highest BCUT2D eigenvalue weighted by atomic mass is 19.4. The van der Waals surface area contributed by atoms with Crippen molar-refractivity contribution >= 4 is 23.2 Å². The quantitative estimate of drug-likeness (QED) is 0.498. The summed E-state index contributed by atoms with van der Waals surface area (Å²) in [4.78, 5) is 31.5. The molecule has 0 atom stereocenters. The molecule has 1 heterocycles. The molecule has 0 bridgehead atoms. The minimum atomic E-state index is -4.78. The Balaban J connectivity index is 1.72. The van der Waals surface area contributed by atoms with Gasteiger partial charge in [0.2, 0.25) is 11.8 Å². The van der Waals surface area contributed by atoms with Gasteiger partial charge in [-0.15, -0.1) is 0 Å². The van der Waals surface area contributed by atoms with Crippen LogP contribution in [-0.4, -0.2) is 28.6 Å². The lowest BCUT2D eigenvalue weighted by Crippen LogP contribution is -2.11. The van der Waals surface area contributed by atoms with Gasteiger partial charge in [-0.05, 0) is 43.2 Å². The Bertz CT molecular complexity index is 1260. The molecule has 1 N–H and O–H groups in total. The van der Waals surface area contributed by atoms with Gasteiger partial charge < -0.3 is 14.8 Å². The van der Waals surface area contributed by atoms with Crippen LogP contribution in [0.25, 0.3) is 0 Å². The summed E-state index contributed by atoms with van der Waals surface area (Å²) in [5.41, 5.74) is 0.533. The Morgan fingerprint density at radius 1 is 1.12 bits per heavy atom. The fraction of sp³-hybridized carbons (Fsp3) is 0.217. The van der Waals surface area contributed by atoms with Crippen molar-refractivity contribution in [1.29, 1.82) is 0 Å². The Kier molecular flexibility index (Phi) is 5.75. The summed E-state index contributed by atoms with van der Waals surface area (Å²) >= 11 is 0. The molecule has 0 saturated heterocycles. The average molecular weight is 457 g/mol. The van der Waals surface area contributed by atoms with E-state index in [4.69, 9.17) is 9.47 Å². The van der Waals surface area contributed by atoms with E-state index >= 15 is 0 Å². The number of aryl methyl sites for hydroxylation is 1. The van der Waals surface area contributed by atoms with Crippen LogP contribution in [0, 0.1) is 0 Å². The zero-order valence-corrected chi connectivity index (χ0v) is 17.6. The second kappa shape index (κ2) is 8.53. The lowest BCUT2D eigenvalue weighted by atomic mass is 10.1. The number of carbonyl (C=O) groups is 2. The second-order valence-electron chi connectivity index (χ2n) is 7.32. The first kappa shape index (κ1) is 22.3. The SMILES string of the molecule is COc1cc(C(C)=O)ccc1Nc1ncc(C(F)(F)F)c(Oc2cccc3c2C(=O)CC3)n1. The number of aromatic nitrogens is 2. The number of hydrogen-bond acceptors (Lipinski definition) is 7. The third-order valence-electron chi connectivity index (χ3n) is 5.13. The maximum absolute atomic E-state index is 13.6. The van der Waals surface area contributed by atoms with Gasteiger partial charge in [-0.1, -0.05) is 12.1 Å². The van der Waals surface area contributed by atoms with Crippen molar-refractivity contribution in [3.05, 3.63) is 64.8 Å². The van der Waals surface area contributed by atoms with E-state index in [9.17, 15) is 22.8 Å². The van der Waals surface area contributed by atoms with E-state index in [-0.39, 0.29) is 41.0 Å². The van der Waals surface area contributed by atoms with Crippen molar-refractivity contribution in [3.63, 3.8) is 0 Å². The number of anilines is 2. The summed E-state index contributed by atoms with van der Waals surface area (Å²) in [7, 11) is 1.39. The minimum absolute atomic E-state index is 0.00791. The third-order valence-corrected chi connectivity index (χ3v) is 5.13. The summed E-state index contributed by atoms with van der Waals surface area (Å²) < 4.78 is 51.6. The summed E-state index contributed by atoms with van der Waals surface area (Å²) in [6.07, 6.45) is -3.40. The van der Waals surface area contributed by atoms with Crippen LogP contribution in [0.5, 0.6) is 17.4 Å². The largest absolute Gasteiger partial charge is 0.495 e. The maximum Gasteiger partial charge on any atom is 0.423 e. The van der Waals surface area contributed by atoms with Crippen LogP contribution < -0.4 is 14.8 Å². The molecule has 10 heteroatoms. The maximum atomic E-state index is 13.6. The number of halogens is 3. The highest BCUT2D eigenvalue weighted by Gasteiger charge is 2.37. The number of ether oxygens (including phenoxy) is 2. The lowest BCUT2D eigenvalue weighted by molar-refractivity contribution is -0.139. The smallest absolute Gasteiger partial charge is 0.423 e. The van der Waals surface area contributed by atoms with E-state index < -0.39 is 17.6 Å². The van der Waals surface area contributed by atoms with Gasteiger partial charge >= 0.3 is 6.18 Å². The number of nitrogens with one attached hydrogen (secondary N) is 1. The van der Waals surface area contributed by atoms with Gasteiger partial charge in [0.05, 0.1) is 18.4 Å². The van der Waals surface area contributed by atoms with Crippen LogP contribution in [0.3, 0.4) is 0 Å². The minimum Gasteiger partial charge on any atom is -0.495 e. The molecule has 33 heavy (non-hydrogen) atoms. The molecule has 0 saturated carbocycles. The number of methoxy groups -OCH3 is 1. The summed E-state index contributed by atoms with van der Waals surface area (Å²) in [5.74, 6) is -1.02. The molecule has 0 unspecified atom stereocenters. The van der Waals surface area contributed by atoms with E-state index in [0.717, 1.165) is 0 Å². The first-order valence-electron chi connectivity index (χ1n) is 9.90. The highest BCUT2D eigenvalue weighted by molar-refractivity contribution is 6.03. The predicted octanol–water partition coefficient (Wildman–Crippen LogP) is 5.37. The van der Waals surface area contributed by atoms with E-state index in [1.54, 1.807) is 12.1 Å². The number of ketones is 2. The number of carbonyl (C=O) groups excluding carboxylic acids is 2. The molecule has 0 radical (unpaired) electrons. The third kappa shape index (κ3) is 4.50. The van der Waals surface area contributed by atoms with Crippen molar-refractivity contribution in [3.8, 4) is 17.4 Å². The zero-order valence-electron chi connectivity index (χ0n) is 17.6. The molecule has 4 rings (SSSR count). The molecule has 2 aromatic carbocycles. The number of fused-ring (bicyclic) bond motifs is 1. The Morgan fingerprint density at radius 3 is 2.61 bits per heavy atom. The summed E-state index contributed by atoms with van der Waals surface area (Å²) in [5, 5.41) is 2.78. The second-order valence-corrected chi connectivity index (χ2v) is 7.32. The molecule has 1 aliphatic rings. The Hall–Kier alpha value is -3.95. The van der Waals surface area contributed by atoms with Crippen molar-refractivity contribution in [2.45, 2.75) is 25.9 Å². The van der Waals surface area contributed by atoms with Crippen molar-refractivity contribution in [1.82, 2.24) is 9.97 Å². The van der Waals surface area contributed by atoms with Gasteiger partial charge in [-0.3, -0.25) is 9.59 Å². The first-order chi connectivity index (χ1) is 15.7. The molecular formula is C23H18F3N3O4. The number of alkyl halides is 3. The van der Waals surface area contributed by atoms with Gasteiger partial charge in [-0.2, -0.15) is 18.2 Å². The number of Topliss-reactive ketones (excluding diaryl/α,β-unsaturated/α-hetero) is 2. The van der Waals surface area contributed by atoms with Crippen LogP contribution >= 0.6 is 0 Å². The number of hydrogen-bond donors (Lipinski definition) is 1. The lowest BCUT2D eigenvalue weighted by Gasteiger charge is -2.16. The van der Waals surface area contributed by atoms with Crippen LogP contribution in [-0.2, 0) is 12.6 Å². The molecule has 0 spiro atoms. The van der Waals surface area contributed by atoms with E-state index in [1.807, 2.05) is 0 Å².